The molecule has 0 saturated heterocycles. The Morgan fingerprint density at radius 3 is 2.38 bits per heavy atom. The predicted octanol–water partition coefficient (Wildman–Crippen LogP) is 2.16. The molecule has 86 valence electrons. The number of ether oxygens (including phenoxy) is 1. The molecule has 0 atom stereocenters. The van der Waals surface area contributed by atoms with E-state index >= 15 is 0 Å². The lowest BCUT2D eigenvalue weighted by Crippen LogP contribution is -2.12. The molecule has 1 aromatic carbocycles. The van der Waals surface area contributed by atoms with Crippen molar-refractivity contribution in [2.45, 2.75) is 0 Å². The zero-order valence-electron chi connectivity index (χ0n) is 7.74. The van der Waals surface area contributed by atoms with Crippen molar-refractivity contribution in [3.8, 4) is 5.75 Å². The average molecular weight is 265 g/mol. The topological polar surface area (TPSA) is 83.8 Å². The Hall–Kier alpha value is -1.46. The van der Waals surface area contributed by atoms with E-state index < -0.39 is 18.5 Å². The van der Waals surface area contributed by atoms with Crippen molar-refractivity contribution < 1.29 is 24.5 Å². The second kappa shape index (κ2) is 5.05. The number of benzene rings is 1. The highest BCUT2D eigenvalue weighted by molar-refractivity contribution is 6.36. The Morgan fingerprint density at radius 2 is 1.88 bits per heavy atom. The minimum atomic E-state index is -1.30. The van der Waals surface area contributed by atoms with Crippen LogP contribution >= 0.6 is 23.2 Å². The summed E-state index contributed by atoms with van der Waals surface area (Å²) in [5.74, 6) is -2.74. The van der Waals surface area contributed by atoms with Gasteiger partial charge in [-0.15, -0.1) is 0 Å². The van der Waals surface area contributed by atoms with Crippen LogP contribution in [0.25, 0.3) is 0 Å². The van der Waals surface area contributed by atoms with E-state index in [2.05, 4.69) is 0 Å². The maximum atomic E-state index is 10.8. The number of halogens is 2. The number of carbonyl (C=O) groups is 2. The van der Waals surface area contributed by atoms with Crippen LogP contribution in [0.1, 0.15) is 10.4 Å². The second-order valence-electron chi connectivity index (χ2n) is 2.75. The maximum absolute atomic E-state index is 10.8. The summed E-state index contributed by atoms with van der Waals surface area (Å²) in [6.45, 7) is -0.679. The van der Waals surface area contributed by atoms with Crippen LogP contribution in [-0.2, 0) is 4.79 Å². The van der Waals surface area contributed by atoms with Gasteiger partial charge < -0.3 is 14.9 Å². The number of hydrogen-bond donors (Lipinski definition) is 2. The van der Waals surface area contributed by atoms with Crippen LogP contribution in [0.4, 0.5) is 0 Å². The van der Waals surface area contributed by atoms with Gasteiger partial charge in [0.2, 0.25) is 0 Å². The lowest BCUT2D eigenvalue weighted by molar-refractivity contribution is -0.139. The smallest absolute Gasteiger partial charge is 0.341 e. The molecule has 1 aromatic rings. The molecule has 0 aliphatic heterocycles. The van der Waals surface area contributed by atoms with E-state index in [0.29, 0.717) is 0 Å². The first-order chi connectivity index (χ1) is 7.41. The van der Waals surface area contributed by atoms with Crippen molar-refractivity contribution >= 4 is 35.1 Å². The summed E-state index contributed by atoms with van der Waals surface area (Å²) < 4.78 is 4.77. The summed E-state index contributed by atoms with van der Waals surface area (Å²) in [5, 5.41) is 17.3. The largest absolute Gasteiger partial charge is 0.479 e. The van der Waals surface area contributed by atoms with Gasteiger partial charge in [-0.25, -0.2) is 9.59 Å². The first-order valence-electron chi connectivity index (χ1n) is 3.98. The molecule has 16 heavy (non-hydrogen) atoms. The number of carboxylic acids is 2. The van der Waals surface area contributed by atoms with E-state index in [0.717, 1.165) is 6.07 Å². The fraction of sp³-hybridized carbons (Fsp3) is 0.111. The summed E-state index contributed by atoms with van der Waals surface area (Å²) in [6.07, 6.45) is 0. The molecule has 0 bridgehead atoms. The molecule has 0 aromatic heterocycles. The number of aliphatic carboxylic acids is 1. The highest BCUT2D eigenvalue weighted by Crippen LogP contribution is 2.32. The van der Waals surface area contributed by atoms with Gasteiger partial charge in [0.25, 0.3) is 0 Å². The molecule has 5 nitrogen and oxygen atoms in total. The third-order valence-corrected chi connectivity index (χ3v) is 2.08. The van der Waals surface area contributed by atoms with Crippen molar-refractivity contribution in [3.05, 3.63) is 27.7 Å². The minimum Gasteiger partial charge on any atom is -0.479 e. The maximum Gasteiger partial charge on any atom is 0.341 e. The summed E-state index contributed by atoms with van der Waals surface area (Å²) in [7, 11) is 0. The van der Waals surface area contributed by atoms with Crippen LogP contribution in [0.5, 0.6) is 5.75 Å². The molecule has 0 unspecified atom stereocenters. The molecule has 1 rings (SSSR count). The zero-order chi connectivity index (χ0) is 12.3. The van der Waals surface area contributed by atoms with E-state index in [4.69, 9.17) is 38.2 Å². The zero-order valence-corrected chi connectivity index (χ0v) is 9.25. The number of aromatic carboxylic acids is 1. The standard InChI is InChI=1S/C9H6Cl2O5/c10-4-1-5(9(14)15)8(6(11)2-4)16-3-7(12)13/h1-2H,3H2,(H,12,13)(H,14,15). The molecule has 0 saturated carbocycles. The molecule has 7 heteroatoms. The average Bonchev–Trinajstić information content (AvgIpc) is 2.14. The van der Waals surface area contributed by atoms with Gasteiger partial charge in [0.05, 0.1) is 5.02 Å². The Morgan fingerprint density at radius 1 is 1.25 bits per heavy atom. The Kier molecular flexibility index (Phi) is 3.98. The molecule has 0 heterocycles. The molecule has 0 aliphatic rings. The van der Waals surface area contributed by atoms with Crippen molar-refractivity contribution in [1.29, 1.82) is 0 Å². The van der Waals surface area contributed by atoms with Crippen molar-refractivity contribution in [3.63, 3.8) is 0 Å². The third kappa shape index (κ3) is 3.01. The van der Waals surface area contributed by atoms with E-state index in [-0.39, 0.29) is 21.4 Å². The minimum absolute atomic E-state index is 0.0499. The summed E-state index contributed by atoms with van der Waals surface area (Å²) >= 11 is 11.3. The monoisotopic (exact) mass is 264 g/mol. The van der Waals surface area contributed by atoms with Crippen LogP contribution in [0.2, 0.25) is 10.0 Å². The molecule has 0 radical (unpaired) electrons. The van der Waals surface area contributed by atoms with E-state index in [9.17, 15) is 9.59 Å². The highest BCUT2D eigenvalue weighted by Gasteiger charge is 2.17. The van der Waals surface area contributed by atoms with Crippen LogP contribution in [0.15, 0.2) is 12.1 Å². The number of hydrogen-bond acceptors (Lipinski definition) is 3. The summed E-state index contributed by atoms with van der Waals surface area (Å²) in [5.41, 5.74) is -0.279. The van der Waals surface area contributed by atoms with Crippen molar-refractivity contribution in [1.82, 2.24) is 0 Å². The van der Waals surface area contributed by atoms with Gasteiger partial charge >= 0.3 is 11.9 Å². The summed E-state index contributed by atoms with van der Waals surface area (Å²) in [6, 6.07) is 2.40. The van der Waals surface area contributed by atoms with Gasteiger partial charge in [-0.2, -0.15) is 0 Å². The van der Waals surface area contributed by atoms with Gasteiger partial charge in [-0.3, -0.25) is 0 Å². The van der Waals surface area contributed by atoms with Crippen LogP contribution in [0.3, 0.4) is 0 Å². The van der Waals surface area contributed by atoms with Crippen molar-refractivity contribution in [2.75, 3.05) is 6.61 Å². The van der Waals surface area contributed by atoms with Gasteiger partial charge in [0, 0.05) is 5.02 Å². The Bertz CT molecular complexity index is 444. The molecule has 0 fully saturated rings. The molecule has 0 spiro atoms. The Balaban J connectivity index is 3.14. The number of carboxylic acid groups (broad SMARTS) is 2. The molecule has 0 amide bonds. The van der Waals surface area contributed by atoms with Crippen LogP contribution < -0.4 is 4.74 Å². The molecular weight excluding hydrogens is 259 g/mol. The fourth-order valence-electron chi connectivity index (χ4n) is 1.000. The normalized spacial score (nSPS) is 9.88. The van der Waals surface area contributed by atoms with Gasteiger partial charge in [-0.1, -0.05) is 23.2 Å². The third-order valence-electron chi connectivity index (χ3n) is 1.58. The van der Waals surface area contributed by atoms with Gasteiger partial charge in [-0.05, 0) is 12.1 Å². The van der Waals surface area contributed by atoms with Crippen molar-refractivity contribution in [2.24, 2.45) is 0 Å². The fourth-order valence-corrected chi connectivity index (χ4v) is 1.55. The predicted molar refractivity (Wildman–Crippen MR) is 56.6 cm³/mol. The van der Waals surface area contributed by atoms with Crippen LogP contribution in [0, 0.1) is 0 Å². The second-order valence-corrected chi connectivity index (χ2v) is 3.60. The van der Waals surface area contributed by atoms with E-state index in [1.54, 1.807) is 0 Å². The first-order valence-corrected chi connectivity index (χ1v) is 4.74. The SMILES string of the molecule is O=C(O)COc1c(Cl)cc(Cl)cc1C(=O)O. The van der Waals surface area contributed by atoms with Crippen LogP contribution in [-0.4, -0.2) is 28.8 Å². The van der Waals surface area contributed by atoms with Gasteiger partial charge in [0.1, 0.15) is 5.56 Å². The molecule has 2 N–H and O–H groups in total. The first kappa shape index (κ1) is 12.6. The molecular formula is C9H6Cl2O5. The lowest BCUT2D eigenvalue weighted by Gasteiger charge is -2.09. The van der Waals surface area contributed by atoms with Gasteiger partial charge in [0.15, 0.2) is 12.4 Å². The highest BCUT2D eigenvalue weighted by atomic mass is 35.5. The van der Waals surface area contributed by atoms with E-state index in [1.165, 1.54) is 6.07 Å². The Labute approximate surface area is 100 Å². The quantitative estimate of drug-likeness (QED) is 0.871. The van der Waals surface area contributed by atoms with E-state index in [1.807, 2.05) is 0 Å². The summed E-state index contributed by atoms with van der Waals surface area (Å²) in [4.78, 5) is 21.1. The lowest BCUT2D eigenvalue weighted by atomic mass is 10.2. The number of rotatable bonds is 4. The molecule has 0 aliphatic carbocycles.